The van der Waals surface area contributed by atoms with E-state index in [0.717, 1.165) is 60.3 Å². The predicted octanol–water partition coefficient (Wildman–Crippen LogP) is 1.99. The highest BCUT2D eigenvalue weighted by Crippen LogP contribution is 2.32. The number of carbonyl (C=O) groups is 2. The van der Waals surface area contributed by atoms with Crippen molar-refractivity contribution in [3.63, 3.8) is 0 Å². The number of H-pyrrole nitrogens is 1. The standard InChI is InChI=1S/C44H55N13O7/c45-40-38-39(35-24-33-3-6-47-41(33)49-25-35)54-57(42(38)53-30-52-40)28-31-1-2-34-29-56(10-4-32(34)23-31)37(58)5-13-60-15-17-62-19-21-64-22-20-63-18-16-61-14-9-48-43(59)36-26-50-44(51-27-36)55-11-7-46-8-12-55/h1-3,6,23-27,30,46H,4-5,7-22,28-29H2,(H,47,49)(H,48,59)(H2,45,52,53). The number of hydrogen-bond acceptors (Lipinski definition) is 16. The highest BCUT2D eigenvalue weighted by atomic mass is 16.6. The van der Waals surface area contributed by atoms with Crippen LogP contribution >= 0.6 is 0 Å². The third-order valence-corrected chi connectivity index (χ3v) is 11.0. The molecule has 0 unspecified atom stereocenters. The third kappa shape index (κ3) is 11.7. The molecule has 338 valence electrons. The van der Waals surface area contributed by atoms with Crippen LogP contribution in [-0.2, 0) is 48.0 Å². The van der Waals surface area contributed by atoms with Crippen LogP contribution in [-0.4, -0.2) is 162 Å². The lowest BCUT2D eigenvalue weighted by atomic mass is 9.97. The molecule has 0 aliphatic carbocycles. The summed E-state index contributed by atoms with van der Waals surface area (Å²) in [5.74, 6) is 0.842. The second-order valence-electron chi connectivity index (χ2n) is 15.3. The second-order valence-corrected chi connectivity index (χ2v) is 15.3. The van der Waals surface area contributed by atoms with E-state index in [1.807, 2.05) is 27.9 Å². The van der Waals surface area contributed by atoms with Gasteiger partial charge in [0, 0.05) is 81.6 Å². The maximum atomic E-state index is 13.0. The molecule has 0 saturated carbocycles. The van der Waals surface area contributed by atoms with Gasteiger partial charge in [-0.3, -0.25) is 9.59 Å². The van der Waals surface area contributed by atoms with Crippen molar-refractivity contribution in [1.29, 1.82) is 0 Å². The number of benzene rings is 1. The number of rotatable bonds is 23. The highest BCUT2D eigenvalue weighted by molar-refractivity contribution is 5.99. The number of fused-ring (bicyclic) bond motifs is 3. The van der Waals surface area contributed by atoms with Gasteiger partial charge in [0.2, 0.25) is 11.9 Å². The van der Waals surface area contributed by atoms with E-state index in [1.165, 1.54) is 11.9 Å². The summed E-state index contributed by atoms with van der Waals surface area (Å²) < 4.78 is 29.8. The van der Waals surface area contributed by atoms with Crippen LogP contribution in [0.2, 0.25) is 0 Å². The van der Waals surface area contributed by atoms with Crippen LogP contribution in [0.3, 0.4) is 0 Å². The van der Waals surface area contributed by atoms with Crippen molar-refractivity contribution in [1.82, 2.24) is 55.2 Å². The molecule has 20 nitrogen and oxygen atoms in total. The number of hydrogen-bond donors (Lipinski definition) is 4. The van der Waals surface area contributed by atoms with Crippen molar-refractivity contribution in [3.8, 4) is 11.3 Å². The van der Waals surface area contributed by atoms with Crippen molar-refractivity contribution >= 4 is 45.6 Å². The minimum atomic E-state index is -0.235. The average Bonchev–Trinajstić information content (AvgIpc) is 3.96. The van der Waals surface area contributed by atoms with E-state index in [1.54, 1.807) is 18.6 Å². The topological polar surface area (TPSA) is 235 Å². The summed E-state index contributed by atoms with van der Waals surface area (Å²) in [4.78, 5) is 54.5. The lowest BCUT2D eigenvalue weighted by molar-refractivity contribution is -0.133. The quantitative estimate of drug-likeness (QED) is 0.0674. The van der Waals surface area contributed by atoms with Gasteiger partial charge in [-0.05, 0) is 35.2 Å². The van der Waals surface area contributed by atoms with Gasteiger partial charge in [-0.2, -0.15) is 5.10 Å². The van der Waals surface area contributed by atoms with Gasteiger partial charge in [0.05, 0.1) is 90.0 Å². The number of ether oxygens (including phenoxy) is 5. The summed E-state index contributed by atoms with van der Waals surface area (Å²) >= 11 is 0. The Bertz CT molecular complexity index is 2460. The van der Waals surface area contributed by atoms with E-state index >= 15 is 0 Å². The number of nitrogens with two attached hydrogens (primary N) is 1. The molecule has 2 aliphatic heterocycles. The lowest BCUT2D eigenvalue weighted by Crippen LogP contribution is -2.44. The zero-order chi connectivity index (χ0) is 43.9. The molecular weight excluding hydrogens is 823 g/mol. The molecule has 2 amide bonds. The molecule has 6 aromatic rings. The van der Waals surface area contributed by atoms with Crippen LogP contribution in [0, 0.1) is 0 Å². The molecular formula is C44H55N13O7. The van der Waals surface area contributed by atoms with Gasteiger partial charge < -0.3 is 54.8 Å². The fourth-order valence-electron chi connectivity index (χ4n) is 7.61. The molecule has 2 aliphatic rings. The number of carbonyl (C=O) groups excluding carboxylic acids is 2. The smallest absolute Gasteiger partial charge is 0.254 e. The van der Waals surface area contributed by atoms with Gasteiger partial charge >= 0.3 is 0 Å². The Morgan fingerprint density at radius 3 is 2.23 bits per heavy atom. The minimum Gasteiger partial charge on any atom is -0.383 e. The summed E-state index contributed by atoms with van der Waals surface area (Å²) in [5, 5.41) is 12.7. The normalized spacial score (nSPS) is 14.1. The first kappa shape index (κ1) is 44.4. The van der Waals surface area contributed by atoms with Crippen LogP contribution in [0.1, 0.15) is 33.5 Å². The highest BCUT2D eigenvalue weighted by Gasteiger charge is 2.22. The van der Waals surface area contributed by atoms with E-state index in [0.29, 0.717) is 133 Å². The van der Waals surface area contributed by atoms with E-state index in [9.17, 15) is 9.59 Å². The fraction of sp³-hybridized carbons (Fsp3) is 0.455. The molecule has 8 rings (SSSR count). The Balaban J connectivity index is 0.635. The molecule has 7 heterocycles. The number of amides is 2. The molecule has 1 fully saturated rings. The Morgan fingerprint density at radius 2 is 1.48 bits per heavy atom. The van der Waals surface area contributed by atoms with E-state index in [2.05, 4.69) is 63.6 Å². The minimum absolute atomic E-state index is 0.0705. The Hall–Kier alpha value is -6.16. The van der Waals surface area contributed by atoms with E-state index in [-0.39, 0.29) is 11.8 Å². The maximum absolute atomic E-state index is 13.0. The number of piperazine rings is 1. The number of nitrogen functional groups attached to an aromatic ring is 1. The molecule has 5 aromatic heterocycles. The number of nitrogens with one attached hydrogen (secondary N) is 3. The van der Waals surface area contributed by atoms with Crippen molar-refractivity contribution < 1.29 is 33.3 Å². The fourth-order valence-corrected chi connectivity index (χ4v) is 7.61. The number of anilines is 2. The Labute approximate surface area is 370 Å². The summed E-state index contributed by atoms with van der Waals surface area (Å²) in [6, 6.07) is 10.4. The summed E-state index contributed by atoms with van der Waals surface area (Å²) in [5.41, 5.74) is 13.2. The number of aromatic amines is 1. The molecule has 20 heteroatoms. The van der Waals surface area contributed by atoms with Crippen molar-refractivity contribution in [3.05, 3.63) is 83.7 Å². The third-order valence-electron chi connectivity index (χ3n) is 11.0. The molecule has 1 saturated heterocycles. The molecule has 5 N–H and O–H groups in total. The monoisotopic (exact) mass is 877 g/mol. The van der Waals surface area contributed by atoms with Crippen LogP contribution in [0.5, 0.6) is 0 Å². The van der Waals surface area contributed by atoms with Crippen molar-refractivity contribution in [2.75, 3.05) is 116 Å². The predicted molar refractivity (Wildman–Crippen MR) is 238 cm³/mol. The SMILES string of the molecule is Nc1ncnc2c1c(-c1cnc3[nH]ccc3c1)nn2Cc1ccc2c(c1)CCN(C(=O)CCOCCOCCOCCOCCOCCNC(=O)c1cnc(N3CCNCC3)nc1)C2. The molecule has 0 radical (unpaired) electrons. The zero-order valence-electron chi connectivity index (χ0n) is 35.9. The first-order valence-corrected chi connectivity index (χ1v) is 21.7. The van der Waals surface area contributed by atoms with Crippen LogP contribution in [0.4, 0.5) is 11.8 Å². The second kappa shape index (κ2) is 22.5. The molecule has 0 atom stereocenters. The largest absolute Gasteiger partial charge is 0.383 e. The Kier molecular flexibility index (Phi) is 15.6. The van der Waals surface area contributed by atoms with Gasteiger partial charge in [0.25, 0.3) is 5.91 Å². The van der Waals surface area contributed by atoms with Crippen LogP contribution < -0.4 is 21.3 Å². The lowest BCUT2D eigenvalue weighted by Gasteiger charge is -2.29. The van der Waals surface area contributed by atoms with E-state index < -0.39 is 0 Å². The van der Waals surface area contributed by atoms with Gasteiger partial charge in [-0.25, -0.2) is 29.6 Å². The van der Waals surface area contributed by atoms with Gasteiger partial charge in [0.1, 0.15) is 23.5 Å². The molecule has 0 bridgehead atoms. The number of pyridine rings is 1. The van der Waals surface area contributed by atoms with Crippen LogP contribution in [0.15, 0.2) is 61.4 Å². The molecule has 0 spiro atoms. The number of aromatic nitrogens is 8. The van der Waals surface area contributed by atoms with Gasteiger partial charge in [-0.15, -0.1) is 0 Å². The first-order valence-electron chi connectivity index (χ1n) is 21.7. The summed E-state index contributed by atoms with van der Waals surface area (Å²) in [7, 11) is 0. The molecule has 1 aromatic carbocycles. The summed E-state index contributed by atoms with van der Waals surface area (Å²) in [6.07, 6.45) is 9.28. The molecule has 64 heavy (non-hydrogen) atoms. The van der Waals surface area contributed by atoms with Gasteiger partial charge in [-0.1, -0.05) is 18.2 Å². The summed E-state index contributed by atoms with van der Waals surface area (Å²) in [6.45, 7) is 9.67. The van der Waals surface area contributed by atoms with Crippen molar-refractivity contribution in [2.24, 2.45) is 0 Å². The van der Waals surface area contributed by atoms with Crippen LogP contribution in [0.25, 0.3) is 33.3 Å². The average molecular weight is 878 g/mol. The number of nitrogens with zero attached hydrogens (tertiary/aromatic N) is 9. The maximum Gasteiger partial charge on any atom is 0.254 e. The van der Waals surface area contributed by atoms with Crippen molar-refractivity contribution in [2.45, 2.75) is 25.9 Å². The first-order chi connectivity index (χ1) is 31.5. The van der Waals surface area contributed by atoms with Gasteiger partial charge in [0.15, 0.2) is 5.65 Å². The van der Waals surface area contributed by atoms with E-state index in [4.69, 9.17) is 34.5 Å². The zero-order valence-corrected chi connectivity index (χ0v) is 35.9. The Morgan fingerprint density at radius 1 is 0.766 bits per heavy atom.